The zero-order valence-electron chi connectivity index (χ0n) is 19.3. The molecule has 21 heavy (non-hydrogen) atoms. The van der Waals surface area contributed by atoms with Crippen LogP contribution in [0.3, 0.4) is 0 Å². The summed E-state index contributed by atoms with van der Waals surface area (Å²) in [7, 11) is 0. The van der Waals surface area contributed by atoms with Crippen LogP contribution in [0.25, 0.3) is 0 Å². The Hall–Kier alpha value is 4.80. The Labute approximate surface area is 266 Å². The Bertz CT molecular complexity index is 147. The second-order valence-electron chi connectivity index (χ2n) is 5.65. The van der Waals surface area contributed by atoms with Crippen LogP contribution in [0.15, 0.2) is 0 Å². The van der Waals surface area contributed by atoms with Crippen molar-refractivity contribution in [3.63, 3.8) is 0 Å². The first-order chi connectivity index (χ1) is 8.24. The summed E-state index contributed by atoms with van der Waals surface area (Å²) in [5.74, 6) is 0. The molecular weight excluding hydrogens is 342 g/mol. The SMILES string of the molecule is CCCC[N+](CCCC)(CCCC)CCCC.F.[H-].[H-].[H-].[K+].[K+].[K+]. The normalized spacial score (nSPS) is 9.71. The van der Waals surface area contributed by atoms with Crippen molar-refractivity contribution < 1.29 is 168 Å². The second-order valence-corrected chi connectivity index (χ2v) is 5.65. The monoisotopic (exact) mass is 382 g/mol. The van der Waals surface area contributed by atoms with Gasteiger partial charge in [0.05, 0.1) is 26.2 Å². The number of unbranched alkanes of at least 4 members (excludes halogenated alkanes) is 4. The molecule has 0 aromatic heterocycles. The zero-order chi connectivity index (χ0) is 13.0. The van der Waals surface area contributed by atoms with Gasteiger partial charge in [-0.25, -0.2) is 0 Å². The van der Waals surface area contributed by atoms with Crippen molar-refractivity contribution in [1.82, 2.24) is 0 Å². The van der Waals surface area contributed by atoms with Gasteiger partial charge in [0, 0.05) is 0 Å². The van der Waals surface area contributed by atoms with E-state index < -0.39 is 0 Å². The minimum absolute atomic E-state index is 0. The molecule has 0 aromatic carbocycles. The van der Waals surface area contributed by atoms with E-state index in [-0.39, 0.29) is 163 Å². The molecule has 0 radical (unpaired) electrons. The van der Waals surface area contributed by atoms with Gasteiger partial charge in [0.2, 0.25) is 0 Å². The van der Waals surface area contributed by atoms with E-state index in [2.05, 4.69) is 27.7 Å². The molecule has 5 heteroatoms. The molecule has 0 amide bonds. The average molecular weight is 383 g/mol. The zero-order valence-corrected chi connectivity index (χ0v) is 25.7. The van der Waals surface area contributed by atoms with Gasteiger partial charge in [0.25, 0.3) is 0 Å². The summed E-state index contributed by atoms with van der Waals surface area (Å²) in [4.78, 5) is 0. The van der Waals surface area contributed by atoms with Crippen molar-refractivity contribution in [1.29, 1.82) is 0 Å². The molecule has 118 valence electrons. The smallest absolute Gasteiger partial charge is 1.00 e. The van der Waals surface area contributed by atoms with Crippen LogP contribution in [0.5, 0.6) is 0 Å². The van der Waals surface area contributed by atoms with E-state index >= 15 is 0 Å². The molecule has 1 nitrogen and oxygen atoms in total. The molecule has 0 aliphatic heterocycles. The van der Waals surface area contributed by atoms with Crippen molar-refractivity contribution >= 4 is 0 Å². The third-order valence-corrected chi connectivity index (χ3v) is 3.94. The van der Waals surface area contributed by atoms with Crippen LogP contribution in [0.1, 0.15) is 83.3 Å². The van der Waals surface area contributed by atoms with Crippen LogP contribution in [-0.4, -0.2) is 30.7 Å². The molecular formula is C16H40FK3N+. The fraction of sp³-hybridized carbons (Fsp3) is 1.00. The number of rotatable bonds is 12. The van der Waals surface area contributed by atoms with Crippen molar-refractivity contribution in [2.45, 2.75) is 79.1 Å². The number of hydrogen-bond acceptors (Lipinski definition) is 0. The second kappa shape index (κ2) is 27.0. The van der Waals surface area contributed by atoms with Gasteiger partial charge in [-0.1, -0.05) is 53.4 Å². The molecule has 0 N–H and O–H groups in total. The summed E-state index contributed by atoms with van der Waals surface area (Å²) in [6, 6.07) is 0. The quantitative estimate of drug-likeness (QED) is 0.243. The van der Waals surface area contributed by atoms with E-state index in [1.807, 2.05) is 0 Å². The van der Waals surface area contributed by atoms with E-state index in [0.717, 1.165) is 0 Å². The van der Waals surface area contributed by atoms with Crippen molar-refractivity contribution in [2.75, 3.05) is 26.2 Å². The molecule has 0 saturated heterocycles. The Morgan fingerprint density at radius 1 is 0.524 bits per heavy atom. The predicted octanol–water partition coefficient (Wildman–Crippen LogP) is -3.49. The molecule has 0 saturated carbocycles. The third kappa shape index (κ3) is 21.0. The average Bonchev–Trinajstić information content (AvgIpc) is 2.37. The molecule has 0 rings (SSSR count). The maximum atomic E-state index is 2.33. The first-order valence-corrected chi connectivity index (χ1v) is 8.09. The van der Waals surface area contributed by atoms with Crippen LogP contribution >= 0.6 is 0 Å². The van der Waals surface area contributed by atoms with E-state index in [4.69, 9.17) is 0 Å². The molecule has 0 heterocycles. The van der Waals surface area contributed by atoms with Crippen molar-refractivity contribution in [3.8, 4) is 0 Å². The molecule has 0 spiro atoms. The summed E-state index contributed by atoms with van der Waals surface area (Å²) < 4.78 is 1.42. The third-order valence-electron chi connectivity index (χ3n) is 3.94. The topological polar surface area (TPSA) is 0 Å². The minimum atomic E-state index is 0. The van der Waals surface area contributed by atoms with E-state index in [0.29, 0.717) is 0 Å². The van der Waals surface area contributed by atoms with Crippen LogP contribution < -0.4 is 154 Å². The Kier molecular flexibility index (Phi) is 47.2. The van der Waals surface area contributed by atoms with Gasteiger partial charge in [0.15, 0.2) is 0 Å². The first-order valence-electron chi connectivity index (χ1n) is 8.09. The molecule has 0 atom stereocenters. The fourth-order valence-electron chi connectivity index (χ4n) is 2.64. The summed E-state index contributed by atoms with van der Waals surface area (Å²) >= 11 is 0. The van der Waals surface area contributed by atoms with Crippen molar-refractivity contribution in [2.24, 2.45) is 0 Å². The van der Waals surface area contributed by atoms with Gasteiger partial charge in [-0.05, 0) is 25.7 Å². The van der Waals surface area contributed by atoms with Gasteiger partial charge in [-0.15, -0.1) is 0 Å². The van der Waals surface area contributed by atoms with Crippen LogP contribution in [-0.2, 0) is 0 Å². The summed E-state index contributed by atoms with van der Waals surface area (Å²) in [5, 5.41) is 0. The summed E-state index contributed by atoms with van der Waals surface area (Å²) in [6.07, 6.45) is 11.1. The van der Waals surface area contributed by atoms with Gasteiger partial charge in [0.1, 0.15) is 0 Å². The fourth-order valence-corrected chi connectivity index (χ4v) is 2.64. The van der Waals surface area contributed by atoms with E-state index in [1.54, 1.807) is 0 Å². The first kappa shape index (κ1) is 36.7. The maximum Gasteiger partial charge on any atom is 1.00 e. The van der Waals surface area contributed by atoms with Crippen LogP contribution in [0.4, 0.5) is 4.70 Å². The largest absolute Gasteiger partial charge is 1.00 e. The van der Waals surface area contributed by atoms with Gasteiger partial charge in [-0.2, -0.15) is 0 Å². The number of nitrogens with zero attached hydrogens (tertiary/aromatic N) is 1. The predicted molar refractivity (Wildman–Crippen MR) is 85.2 cm³/mol. The van der Waals surface area contributed by atoms with E-state index in [1.165, 1.54) is 82.0 Å². The number of halogens is 1. The van der Waals surface area contributed by atoms with Crippen LogP contribution in [0.2, 0.25) is 0 Å². The van der Waals surface area contributed by atoms with Crippen LogP contribution in [0, 0.1) is 0 Å². The number of quaternary nitrogens is 1. The maximum absolute atomic E-state index is 2.33. The molecule has 0 bridgehead atoms. The van der Waals surface area contributed by atoms with Gasteiger partial charge in [-0.3, -0.25) is 4.70 Å². The Morgan fingerprint density at radius 2 is 0.714 bits per heavy atom. The Balaban J connectivity index is -0.0000000610. The Morgan fingerprint density at radius 3 is 0.857 bits per heavy atom. The minimum Gasteiger partial charge on any atom is -1.00 e. The molecule has 0 fully saturated rings. The number of hydrogen-bond donors (Lipinski definition) is 0. The molecule has 0 aliphatic carbocycles. The van der Waals surface area contributed by atoms with Crippen molar-refractivity contribution in [3.05, 3.63) is 0 Å². The van der Waals surface area contributed by atoms with Gasteiger partial charge >= 0.3 is 154 Å². The molecule has 0 unspecified atom stereocenters. The van der Waals surface area contributed by atoms with Gasteiger partial charge < -0.3 is 8.76 Å². The standard InChI is InChI=1S/C16H36N.FH.3K.3H/c1-5-9-13-17(14-10-6-2,15-11-7-3)16-12-8-4;;;;;;;/h5-16H2,1-4H3;1H;;;;;;/q+1;;3*+1;3*-1. The summed E-state index contributed by atoms with van der Waals surface area (Å²) in [6.45, 7) is 15.0. The molecule has 0 aromatic rings. The van der Waals surface area contributed by atoms with E-state index in [9.17, 15) is 0 Å². The molecule has 0 aliphatic rings. The summed E-state index contributed by atoms with van der Waals surface area (Å²) in [5.41, 5.74) is 0.